The molecule has 0 aliphatic carbocycles. The van der Waals surface area contributed by atoms with Gasteiger partial charge in [0.05, 0.1) is 28.4 Å². The van der Waals surface area contributed by atoms with Crippen molar-refractivity contribution in [1.82, 2.24) is 15.2 Å². The lowest BCUT2D eigenvalue weighted by molar-refractivity contribution is -0.143. The molecule has 1 aliphatic heterocycles. The number of thiazole rings is 1. The van der Waals surface area contributed by atoms with Crippen molar-refractivity contribution in [2.24, 2.45) is 0 Å². The number of para-hydroxylation sites is 1. The molecule has 0 bridgehead atoms. The molecule has 1 aromatic heterocycles. The normalized spacial score (nSPS) is 20.0. The number of hydrogen-bond donors (Lipinski definition) is 1. The zero-order valence-corrected chi connectivity index (χ0v) is 16.2. The number of carbonyl (C=O) groups is 2. The molecule has 2 aromatic rings. The van der Waals surface area contributed by atoms with Crippen LogP contribution in [0.2, 0.25) is 0 Å². The van der Waals surface area contributed by atoms with Crippen LogP contribution in [-0.4, -0.2) is 60.7 Å². The van der Waals surface area contributed by atoms with Crippen molar-refractivity contribution in [3.05, 3.63) is 29.3 Å². The van der Waals surface area contributed by atoms with E-state index in [1.165, 1.54) is 12.0 Å². The predicted molar refractivity (Wildman–Crippen MR) is 102 cm³/mol. The molecule has 1 fully saturated rings. The van der Waals surface area contributed by atoms with E-state index in [1.54, 1.807) is 11.3 Å². The fourth-order valence-electron chi connectivity index (χ4n) is 3.23. The lowest BCUT2D eigenvalue weighted by atomic mass is 9.93. The fourth-order valence-corrected chi connectivity index (χ4v) is 4.20. The first kappa shape index (κ1) is 19.7. The summed E-state index contributed by atoms with van der Waals surface area (Å²) in [6.45, 7) is 0.874. The third kappa shape index (κ3) is 4.81. The quantitative estimate of drug-likeness (QED) is 0.733. The number of hydrogen-bond acceptors (Lipinski definition) is 5. The minimum Gasteiger partial charge on any atom is -0.383 e. The summed E-state index contributed by atoms with van der Waals surface area (Å²) < 4.78 is 21.0. The summed E-state index contributed by atoms with van der Waals surface area (Å²) in [7, 11) is 1.52. The molecule has 2 amide bonds. The first-order valence-corrected chi connectivity index (χ1v) is 9.92. The highest BCUT2D eigenvalue weighted by molar-refractivity contribution is 7.18. The van der Waals surface area contributed by atoms with Crippen molar-refractivity contribution in [1.29, 1.82) is 0 Å². The highest BCUT2D eigenvalue weighted by Gasteiger charge is 2.43. The highest BCUT2D eigenvalue weighted by Crippen LogP contribution is 2.27. The Hall–Kier alpha value is -2.06. The molecular formula is C19H24FN3O3S. The molecule has 1 saturated heterocycles. The van der Waals surface area contributed by atoms with E-state index in [4.69, 9.17) is 4.74 Å². The molecule has 8 heteroatoms. The number of likely N-dealkylation sites (tertiary alicyclic amines) is 1. The Bertz CT molecular complexity index is 779. The molecule has 1 atom stereocenters. The molecule has 1 aromatic carbocycles. The number of amides is 2. The minimum absolute atomic E-state index is 0.132. The third-order valence-corrected chi connectivity index (χ3v) is 5.78. The van der Waals surface area contributed by atoms with Crippen LogP contribution < -0.4 is 5.32 Å². The lowest BCUT2D eigenvalue weighted by Gasteiger charge is -2.36. The van der Waals surface area contributed by atoms with Crippen molar-refractivity contribution >= 4 is 33.4 Å². The molecular weight excluding hydrogens is 369 g/mol. The third-order valence-electron chi connectivity index (χ3n) is 4.68. The van der Waals surface area contributed by atoms with Gasteiger partial charge in [-0.3, -0.25) is 9.59 Å². The number of alkyl halides is 1. The Morgan fingerprint density at radius 3 is 3.00 bits per heavy atom. The summed E-state index contributed by atoms with van der Waals surface area (Å²) in [6.07, 6.45) is 1.39. The van der Waals surface area contributed by atoms with Crippen LogP contribution in [0.1, 0.15) is 24.3 Å². The van der Waals surface area contributed by atoms with Gasteiger partial charge in [0.25, 0.3) is 5.91 Å². The van der Waals surface area contributed by atoms with Gasteiger partial charge in [0.2, 0.25) is 11.6 Å². The first-order valence-electron chi connectivity index (χ1n) is 9.10. The van der Waals surface area contributed by atoms with Crippen LogP contribution in [0.4, 0.5) is 4.39 Å². The summed E-state index contributed by atoms with van der Waals surface area (Å²) in [6, 6.07) is 7.84. The number of methoxy groups -OCH3 is 1. The van der Waals surface area contributed by atoms with E-state index in [2.05, 4.69) is 10.3 Å². The number of aromatic nitrogens is 1. The fraction of sp³-hybridized carbons (Fsp3) is 0.526. The van der Waals surface area contributed by atoms with Gasteiger partial charge in [0.15, 0.2) is 0 Å². The molecule has 146 valence electrons. The Balaban J connectivity index is 1.55. The second kappa shape index (κ2) is 8.75. The molecule has 3 rings (SSSR count). The highest BCUT2D eigenvalue weighted by atomic mass is 32.1. The minimum atomic E-state index is -2.03. The van der Waals surface area contributed by atoms with Crippen molar-refractivity contribution in [3.63, 3.8) is 0 Å². The second-order valence-corrected chi connectivity index (χ2v) is 7.82. The average Bonchev–Trinajstić information content (AvgIpc) is 3.09. The maximum Gasteiger partial charge on any atom is 0.259 e. The Labute approximate surface area is 161 Å². The first-order chi connectivity index (χ1) is 13.0. The summed E-state index contributed by atoms with van der Waals surface area (Å²) in [5.74, 6) is -0.802. The number of nitrogens with one attached hydrogen (secondary N) is 1. The van der Waals surface area contributed by atoms with Gasteiger partial charge in [-0.25, -0.2) is 9.37 Å². The molecule has 1 N–H and O–H groups in total. The van der Waals surface area contributed by atoms with Gasteiger partial charge in [-0.1, -0.05) is 12.1 Å². The smallest absolute Gasteiger partial charge is 0.259 e. The average molecular weight is 393 g/mol. The summed E-state index contributed by atoms with van der Waals surface area (Å²) in [5, 5.41) is 3.43. The number of carbonyl (C=O) groups excluding carboxylic acids is 2. The van der Waals surface area contributed by atoms with Gasteiger partial charge >= 0.3 is 0 Å². The van der Waals surface area contributed by atoms with Crippen LogP contribution in [0.5, 0.6) is 0 Å². The van der Waals surface area contributed by atoms with Crippen molar-refractivity contribution < 1.29 is 18.7 Å². The van der Waals surface area contributed by atoms with E-state index < -0.39 is 11.6 Å². The number of rotatable bonds is 7. The van der Waals surface area contributed by atoms with E-state index in [-0.39, 0.29) is 31.8 Å². The van der Waals surface area contributed by atoms with Crippen LogP contribution in [0.25, 0.3) is 10.2 Å². The number of halogens is 1. The van der Waals surface area contributed by atoms with Crippen molar-refractivity contribution in [2.45, 2.75) is 31.4 Å². The van der Waals surface area contributed by atoms with Crippen LogP contribution >= 0.6 is 11.3 Å². The molecule has 0 saturated carbocycles. The number of piperidine rings is 1. The molecule has 2 heterocycles. The Morgan fingerprint density at radius 1 is 1.41 bits per heavy atom. The number of ether oxygens (including phenoxy) is 1. The van der Waals surface area contributed by atoms with Gasteiger partial charge < -0.3 is 15.0 Å². The van der Waals surface area contributed by atoms with Gasteiger partial charge in [-0.15, -0.1) is 11.3 Å². The largest absolute Gasteiger partial charge is 0.383 e. The molecule has 27 heavy (non-hydrogen) atoms. The number of fused-ring (bicyclic) bond motifs is 1. The van der Waals surface area contributed by atoms with Crippen LogP contribution in [-0.2, 0) is 20.7 Å². The number of nitrogens with zero attached hydrogens (tertiary/aromatic N) is 2. The molecule has 1 unspecified atom stereocenters. The Kier molecular flexibility index (Phi) is 6.38. The summed E-state index contributed by atoms with van der Waals surface area (Å²) >= 11 is 1.57. The van der Waals surface area contributed by atoms with E-state index in [1.807, 2.05) is 24.3 Å². The summed E-state index contributed by atoms with van der Waals surface area (Å²) in [4.78, 5) is 30.7. The monoisotopic (exact) mass is 393 g/mol. The van der Waals surface area contributed by atoms with Crippen molar-refractivity contribution in [3.8, 4) is 0 Å². The molecule has 6 nitrogen and oxygen atoms in total. The molecule has 0 spiro atoms. The predicted octanol–water partition coefficient (Wildman–Crippen LogP) is 2.32. The number of benzene rings is 1. The van der Waals surface area contributed by atoms with Crippen LogP contribution in [0, 0.1) is 0 Å². The number of aryl methyl sites for hydroxylation is 1. The van der Waals surface area contributed by atoms with E-state index >= 15 is 4.39 Å². The molecule has 1 aliphatic rings. The molecule has 0 radical (unpaired) electrons. The lowest BCUT2D eigenvalue weighted by Crippen LogP contribution is -2.56. The van der Waals surface area contributed by atoms with E-state index in [0.717, 1.165) is 15.2 Å². The van der Waals surface area contributed by atoms with E-state index in [0.29, 0.717) is 26.0 Å². The van der Waals surface area contributed by atoms with Crippen LogP contribution in [0.15, 0.2) is 24.3 Å². The van der Waals surface area contributed by atoms with Crippen molar-refractivity contribution in [2.75, 3.05) is 33.4 Å². The zero-order chi connectivity index (χ0) is 19.3. The van der Waals surface area contributed by atoms with Gasteiger partial charge in [-0.05, 0) is 25.0 Å². The standard InChI is InChI=1S/C19H24FN3O3S/c1-26-12-10-21-18(25)19(20)9-4-11-23(13-19)17(24)8-7-16-22-14-5-2-3-6-15(14)27-16/h2-3,5-6H,4,7-13H2,1H3,(H,21,25). The second-order valence-electron chi connectivity index (χ2n) is 6.71. The van der Waals surface area contributed by atoms with Crippen LogP contribution in [0.3, 0.4) is 0 Å². The maximum absolute atomic E-state index is 15.0. The Morgan fingerprint density at radius 2 is 2.22 bits per heavy atom. The van der Waals surface area contributed by atoms with Gasteiger partial charge in [0.1, 0.15) is 0 Å². The van der Waals surface area contributed by atoms with E-state index in [9.17, 15) is 9.59 Å². The summed E-state index contributed by atoms with van der Waals surface area (Å²) in [5.41, 5.74) is -1.10. The maximum atomic E-state index is 15.0. The topological polar surface area (TPSA) is 71.5 Å². The zero-order valence-electron chi connectivity index (χ0n) is 15.4. The van der Waals surface area contributed by atoms with Gasteiger partial charge in [-0.2, -0.15) is 0 Å². The SMILES string of the molecule is COCCNC(=O)C1(F)CCCN(C(=O)CCc2nc3ccccc3s2)C1. The van der Waals surface area contributed by atoms with Gasteiger partial charge in [0, 0.05) is 33.0 Å².